The molecule has 0 saturated heterocycles. The zero-order valence-corrected chi connectivity index (χ0v) is 13.7. The van der Waals surface area contributed by atoms with Crippen molar-refractivity contribution in [3.63, 3.8) is 0 Å². The molecule has 0 unspecified atom stereocenters. The van der Waals surface area contributed by atoms with Gasteiger partial charge >= 0.3 is 0 Å². The van der Waals surface area contributed by atoms with Gasteiger partial charge in [0.25, 0.3) is 5.91 Å². The highest BCUT2D eigenvalue weighted by Crippen LogP contribution is 2.25. The van der Waals surface area contributed by atoms with Crippen LogP contribution in [0.3, 0.4) is 0 Å². The highest BCUT2D eigenvalue weighted by Gasteiger charge is 2.12. The Labute approximate surface area is 140 Å². The maximum absolute atomic E-state index is 12.2. The summed E-state index contributed by atoms with van der Waals surface area (Å²) in [6.07, 6.45) is 0. The Morgan fingerprint density at radius 3 is 2.55 bits per heavy atom. The highest BCUT2D eigenvalue weighted by atomic mass is 35.5. The molecule has 2 aromatic rings. The maximum atomic E-state index is 12.2. The largest absolute Gasteiger partial charge is 0.377 e. The van der Waals surface area contributed by atoms with Gasteiger partial charge in [-0.05, 0) is 30.2 Å². The topological polar surface area (TPSA) is 38.3 Å². The van der Waals surface area contributed by atoms with E-state index in [0.29, 0.717) is 30.3 Å². The number of amides is 1. The van der Waals surface area contributed by atoms with Crippen molar-refractivity contribution >= 4 is 29.1 Å². The van der Waals surface area contributed by atoms with Gasteiger partial charge in [0.1, 0.15) is 0 Å². The molecule has 0 aromatic heterocycles. The van der Waals surface area contributed by atoms with E-state index in [1.165, 1.54) is 0 Å². The Morgan fingerprint density at radius 2 is 1.82 bits per heavy atom. The molecule has 116 valence electrons. The van der Waals surface area contributed by atoms with E-state index in [1.54, 1.807) is 18.2 Å². The Kier molecular flexibility index (Phi) is 6.25. The van der Waals surface area contributed by atoms with Crippen molar-refractivity contribution < 1.29 is 9.53 Å². The number of hydrogen-bond acceptors (Lipinski definition) is 2. The lowest BCUT2D eigenvalue weighted by atomic mass is 10.1. The van der Waals surface area contributed by atoms with Gasteiger partial charge < -0.3 is 10.1 Å². The van der Waals surface area contributed by atoms with E-state index in [2.05, 4.69) is 5.32 Å². The van der Waals surface area contributed by atoms with Crippen LogP contribution in [-0.4, -0.2) is 12.5 Å². The highest BCUT2D eigenvalue weighted by molar-refractivity contribution is 6.43. The van der Waals surface area contributed by atoms with Gasteiger partial charge in [0.15, 0.2) is 0 Å². The molecule has 5 heteroatoms. The van der Waals surface area contributed by atoms with Crippen LogP contribution in [0.4, 0.5) is 0 Å². The Morgan fingerprint density at radius 1 is 1.09 bits per heavy atom. The van der Waals surface area contributed by atoms with Crippen molar-refractivity contribution in [2.45, 2.75) is 20.1 Å². The van der Waals surface area contributed by atoms with Crippen LogP contribution in [0.2, 0.25) is 10.0 Å². The molecule has 0 aliphatic carbocycles. The van der Waals surface area contributed by atoms with Gasteiger partial charge in [0, 0.05) is 13.2 Å². The van der Waals surface area contributed by atoms with Gasteiger partial charge in [-0.1, -0.05) is 53.5 Å². The first-order chi connectivity index (χ1) is 10.6. The summed E-state index contributed by atoms with van der Waals surface area (Å²) >= 11 is 12.0. The fourth-order valence-corrected chi connectivity index (χ4v) is 2.42. The molecule has 0 heterocycles. The van der Waals surface area contributed by atoms with Crippen LogP contribution in [0.15, 0.2) is 42.5 Å². The van der Waals surface area contributed by atoms with Crippen LogP contribution in [-0.2, 0) is 17.9 Å². The molecular formula is C17H17Cl2NO2. The minimum Gasteiger partial charge on any atom is -0.377 e. The van der Waals surface area contributed by atoms with E-state index in [0.717, 1.165) is 11.1 Å². The molecule has 0 bridgehead atoms. The Balaban J connectivity index is 2.07. The van der Waals surface area contributed by atoms with Gasteiger partial charge in [0.2, 0.25) is 0 Å². The smallest absolute Gasteiger partial charge is 0.253 e. The van der Waals surface area contributed by atoms with E-state index in [1.807, 2.05) is 31.2 Å². The first kappa shape index (κ1) is 16.8. The van der Waals surface area contributed by atoms with Crippen molar-refractivity contribution in [3.05, 3.63) is 69.2 Å². The van der Waals surface area contributed by atoms with Crippen molar-refractivity contribution in [2.75, 3.05) is 6.61 Å². The summed E-state index contributed by atoms with van der Waals surface area (Å²) in [5.74, 6) is -0.251. The molecule has 0 spiro atoms. The average Bonchev–Trinajstić information content (AvgIpc) is 2.54. The molecule has 0 saturated carbocycles. The third-order valence-electron chi connectivity index (χ3n) is 3.22. The molecule has 3 nitrogen and oxygen atoms in total. The van der Waals surface area contributed by atoms with Crippen LogP contribution >= 0.6 is 23.2 Å². The summed E-state index contributed by atoms with van der Waals surface area (Å²) in [7, 11) is 0. The second kappa shape index (κ2) is 8.18. The summed E-state index contributed by atoms with van der Waals surface area (Å²) in [6, 6.07) is 12.8. The molecule has 0 aliphatic heterocycles. The maximum Gasteiger partial charge on any atom is 0.253 e. The third kappa shape index (κ3) is 4.23. The summed E-state index contributed by atoms with van der Waals surface area (Å²) in [5, 5.41) is 3.50. The first-order valence-corrected chi connectivity index (χ1v) is 7.75. The Bertz CT molecular complexity index is 659. The molecule has 0 radical (unpaired) electrons. The van der Waals surface area contributed by atoms with Crippen LogP contribution in [0.25, 0.3) is 0 Å². The summed E-state index contributed by atoms with van der Waals surface area (Å²) in [4.78, 5) is 12.2. The second-order valence-electron chi connectivity index (χ2n) is 4.69. The zero-order chi connectivity index (χ0) is 15.9. The molecule has 2 rings (SSSR count). The van der Waals surface area contributed by atoms with Crippen molar-refractivity contribution in [1.29, 1.82) is 0 Å². The van der Waals surface area contributed by atoms with E-state index in [9.17, 15) is 4.79 Å². The van der Waals surface area contributed by atoms with Gasteiger partial charge in [-0.2, -0.15) is 0 Å². The first-order valence-electron chi connectivity index (χ1n) is 7.00. The van der Waals surface area contributed by atoms with Crippen LogP contribution in [0.5, 0.6) is 0 Å². The standard InChI is InChI=1S/C17H17Cl2NO2/c1-2-22-11-13-7-4-3-6-12(13)10-20-17(21)14-8-5-9-15(18)16(14)19/h3-9H,2,10-11H2,1H3,(H,20,21). The molecule has 1 amide bonds. The summed E-state index contributed by atoms with van der Waals surface area (Å²) in [5.41, 5.74) is 2.45. The monoisotopic (exact) mass is 337 g/mol. The van der Waals surface area contributed by atoms with Crippen LogP contribution in [0.1, 0.15) is 28.4 Å². The predicted octanol–water partition coefficient (Wildman–Crippen LogP) is 4.46. The van der Waals surface area contributed by atoms with Crippen LogP contribution < -0.4 is 5.32 Å². The minimum absolute atomic E-state index is 0.251. The minimum atomic E-state index is -0.251. The van der Waals surface area contributed by atoms with E-state index >= 15 is 0 Å². The van der Waals surface area contributed by atoms with Gasteiger partial charge in [0.05, 0.1) is 22.2 Å². The second-order valence-corrected chi connectivity index (χ2v) is 5.48. The number of ether oxygens (including phenoxy) is 1. The van der Waals surface area contributed by atoms with Gasteiger partial charge in [-0.3, -0.25) is 4.79 Å². The molecule has 2 aromatic carbocycles. The number of nitrogens with one attached hydrogen (secondary N) is 1. The number of carbonyl (C=O) groups is 1. The average molecular weight is 338 g/mol. The molecule has 1 N–H and O–H groups in total. The SMILES string of the molecule is CCOCc1ccccc1CNC(=O)c1cccc(Cl)c1Cl. The van der Waals surface area contributed by atoms with Crippen molar-refractivity contribution in [1.82, 2.24) is 5.32 Å². The Hall–Kier alpha value is -1.55. The van der Waals surface area contributed by atoms with E-state index in [4.69, 9.17) is 27.9 Å². The third-order valence-corrected chi connectivity index (χ3v) is 4.03. The van der Waals surface area contributed by atoms with Crippen molar-refractivity contribution in [3.8, 4) is 0 Å². The number of halogens is 2. The van der Waals surface area contributed by atoms with E-state index in [-0.39, 0.29) is 10.9 Å². The normalized spacial score (nSPS) is 10.5. The van der Waals surface area contributed by atoms with Gasteiger partial charge in [-0.15, -0.1) is 0 Å². The predicted molar refractivity (Wildman–Crippen MR) is 89.4 cm³/mol. The van der Waals surface area contributed by atoms with Crippen molar-refractivity contribution in [2.24, 2.45) is 0 Å². The molecule has 22 heavy (non-hydrogen) atoms. The lowest BCUT2D eigenvalue weighted by Gasteiger charge is -2.11. The summed E-state index contributed by atoms with van der Waals surface area (Å²) in [6.45, 7) is 3.54. The van der Waals surface area contributed by atoms with E-state index < -0.39 is 0 Å². The molecular weight excluding hydrogens is 321 g/mol. The fourth-order valence-electron chi connectivity index (χ4n) is 2.03. The fraction of sp³-hybridized carbons (Fsp3) is 0.235. The number of carbonyl (C=O) groups excluding carboxylic acids is 1. The van der Waals surface area contributed by atoms with Crippen LogP contribution in [0, 0.1) is 0 Å². The molecule has 0 fully saturated rings. The summed E-state index contributed by atoms with van der Waals surface area (Å²) < 4.78 is 5.44. The number of hydrogen-bond donors (Lipinski definition) is 1. The lowest BCUT2D eigenvalue weighted by molar-refractivity contribution is 0.0950. The number of rotatable bonds is 6. The zero-order valence-electron chi connectivity index (χ0n) is 12.2. The lowest BCUT2D eigenvalue weighted by Crippen LogP contribution is -2.23. The van der Waals surface area contributed by atoms with Gasteiger partial charge in [-0.25, -0.2) is 0 Å². The molecule has 0 atom stereocenters. The molecule has 0 aliphatic rings. The number of benzene rings is 2. The quantitative estimate of drug-likeness (QED) is 0.844.